The summed E-state index contributed by atoms with van der Waals surface area (Å²) in [6.45, 7) is 6.66. The molecule has 1 unspecified atom stereocenters. The van der Waals surface area contributed by atoms with E-state index >= 15 is 0 Å². The summed E-state index contributed by atoms with van der Waals surface area (Å²) in [6, 6.07) is 10.7. The molecule has 30 heavy (non-hydrogen) atoms. The van der Waals surface area contributed by atoms with E-state index in [2.05, 4.69) is 28.9 Å². The molecule has 160 valence electrons. The summed E-state index contributed by atoms with van der Waals surface area (Å²) in [7, 11) is 0. The van der Waals surface area contributed by atoms with Crippen molar-refractivity contribution >= 4 is 33.7 Å². The van der Waals surface area contributed by atoms with Gasteiger partial charge in [0, 0.05) is 16.7 Å². The molecule has 0 saturated carbocycles. The van der Waals surface area contributed by atoms with Crippen LogP contribution < -0.4 is 15.4 Å². The van der Waals surface area contributed by atoms with Crippen molar-refractivity contribution in [3.63, 3.8) is 0 Å². The lowest BCUT2D eigenvalue weighted by molar-refractivity contribution is -0.120. The molecule has 7 heteroatoms. The van der Waals surface area contributed by atoms with Crippen molar-refractivity contribution < 1.29 is 19.1 Å². The van der Waals surface area contributed by atoms with E-state index in [4.69, 9.17) is 15.2 Å². The van der Waals surface area contributed by atoms with Gasteiger partial charge in [-0.3, -0.25) is 4.79 Å². The highest BCUT2D eigenvalue weighted by Gasteiger charge is 2.30. The number of halogens is 1. The van der Waals surface area contributed by atoms with Crippen LogP contribution in [0.1, 0.15) is 30.5 Å². The Morgan fingerprint density at radius 1 is 1.30 bits per heavy atom. The third-order valence-corrected chi connectivity index (χ3v) is 5.92. The summed E-state index contributed by atoms with van der Waals surface area (Å²) in [5.74, 6) is 0.663. The lowest BCUT2D eigenvalue weighted by Crippen LogP contribution is -2.48. The first-order valence-electron chi connectivity index (χ1n) is 10.1. The first kappa shape index (κ1) is 22.3. The molecule has 0 radical (unpaired) electrons. The minimum absolute atomic E-state index is 0.0906. The zero-order chi connectivity index (χ0) is 21.8. The number of fused-ring (bicyclic) bond motifs is 1. The van der Waals surface area contributed by atoms with E-state index in [9.17, 15) is 9.59 Å². The number of nitrogens with zero attached hydrogens (tertiary/aromatic N) is 1. The van der Waals surface area contributed by atoms with Crippen molar-refractivity contribution in [2.75, 3.05) is 18.1 Å². The Kier molecular flexibility index (Phi) is 7.15. The number of benzene rings is 2. The predicted molar refractivity (Wildman–Crippen MR) is 120 cm³/mol. The van der Waals surface area contributed by atoms with Gasteiger partial charge in [0.2, 0.25) is 5.91 Å². The maximum absolute atomic E-state index is 13.2. The molecule has 6 nitrogen and oxygen atoms in total. The van der Waals surface area contributed by atoms with Crippen LogP contribution in [0.5, 0.6) is 5.75 Å². The molecule has 0 spiro atoms. The molecule has 0 fully saturated rings. The van der Waals surface area contributed by atoms with E-state index in [1.54, 1.807) is 19.1 Å². The first-order valence-corrected chi connectivity index (χ1v) is 10.9. The largest absolute Gasteiger partial charge is 0.513 e. The molecule has 2 N–H and O–H groups in total. The second-order valence-electron chi connectivity index (χ2n) is 7.68. The number of hydrogen-bond donors (Lipinski definition) is 1. The molecule has 1 aliphatic rings. The van der Waals surface area contributed by atoms with Crippen LogP contribution in [-0.4, -0.2) is 31.3 Å². The van der Waals surface area contributed by atoms with Crippen LogP contribution in [0.3, 0.4) is 0 Å². The SMILES string of the molecule is CCOC(=O)Oc1cc(C)c(C[C@@H](N)C(=O)N2CC(C)Cc3ccccc32)c(Br)c1. The fourth-order valence-corrected chi connectivity index (χ4v) is 4.52. The third-order valence-electron chi connectivity index (χ3n) is 5.21. The van der Waals surface area contributed by atoms with Crippen LogP contribution in [0, 0.1) is 12.8 Å². The van der Waals surface area contributed by atoms with E-state index in [0.29, 0.717) is 24.6 Å². The summed E-state index contributed by atoms with van der Waals surface area (Å²) < 4.78 is 10.7. The Morgan fingerprint density at radius 2 is 2.03 bits per heavy atom. The van der Waals surface area contributed by atoms with Crippen LogP contribution in [-0.2, 0) is 22.4 Å². The van der Waals surface area contributed by atoms with Gasteiger partial charge in [0.25, 0.3) is 0 Å². The third kappa shape index (κ3) is 5.02. The Labute approximate surface area is 185 Å². The number of carbonyl (C=O) groups is 2. The van der Waals surface area contributed by atoms with Gasteiger partial charge >= 0.3 is 6.16 Å². The lowest BCUT2D eigenvalue weighted by Gasteiger charge is -2.34. The predicted octanol–water partition coefficient (Wildman–Crippen LogP) is 4.39. The number of para-hydroxylation sites is 1. The van der Waals surface area contributed by atoms with Crippen LogP contribution in [0.2, 0.25) is 0 Å². The molecular formula is C23H27BrN2O4. The van der Waals surface area contributed by atoms with Gasteiger partial charge in [0.15, 0.2) is 0 Å². The highest BCUT2D eigenvalue weighted by atomic mass is 79.9. The molecule has 2 aromatic carbocycles. The second-order valence-corrected chi connectivity index (χ2v) is 8.54. The van der Waals surface area contributed by atoms with Gasteiger partial charge in [-0.05, 0) is 67.5 Å². The smallest absolute Gasteiger partial charge is 0.434 e. The lowest BCUT2D eigenvalue weighted by atomic mass is 9.92. The van der Waals surface area contributed by atoms with Gasteiger partial charge in [-0.25, -0.2) is 4.79 Å². The van der Waals surface area contributed by atoms with Crippen molar-refractivity contribution in [2.45, 2.75) is 39.7 Å². The van der Waals surface area contributed by atoms with Crippen LogP contribution in [0.25, 0.3) is 0 Å². The van der Waals surface area contributed by atoms with Crippen molar-refractivity contribution in [2.24, 2.45) is 11.7 Å². The van der Waals surface area contributed by atoms with Crippen molar-refractivity contribution in [3.05, 3.63) is 57.6 Å². The van der Waals surface area contributed by atoms with E-state index in [1.165, 1.54) is 5.56 Å². The fourth-order valence-electron chi connectivity index (χ4n) is 3.82. The molecule has 1 aliphatic heterocycles. The Morgan fingerprint density at radius 3 is 2.73 bits per heavy atom. The maximum Gasteiger partial charge on any atom is 0.513 e. The summed E-state index contributed by atoms with van der Waals surface area (Å²) >= 11 is 3.52. The molecule has 0 bridgehead atoms. The number of rotatable bonds is 5. The quantitative estimate of drug-likeness (QED) is 0.513. The summed E-state index contributed by atoms with van der Waals surface area (Å²) in [4.78, 5) is 26.6. The molecule has 3 rings (SSSR count). The molecular weight excluding hydrogens is 448 g/mol. The van der Waals surface area contributed by atoms with Gasteiger partial charge in [-0.2, -0.15) is 0 Å². The second kappa shape index (κ2) is 9.62. The van der Waals surface area contributed by atoms with Crippen molar-refractivity contribution in [1.29, 1.82) is 0 Å². The normalized spacial score (nSPS) is 16.6. The Balaban J connectivity index is 1.77. The van der Waals surface area contributed by atoms with Gasteiger partial charge in [-0.15, -0.1) is 0 Å². The van der Waals surface area contributed by atoms with E-state index in [1.807, 2.05) is 30.0 Å². The Hall–Kier alpha value is -2.38. The van der Waals surface area contributed by atoms with Crippen LogP contribution >= 0.6 is 15.9 Å². The number of carbonyl (C=O) groups excluding carboxylic acids is 2. The van der Waals surface area contributed by atoms with Gasteiger partial charge in [0.1, 0.15) is 5.75 Å². The number of anilines is 1. The van der Waals surface area contributed by atoms with E-state index in [0.717, 1.165) is 27.7 Å². The van der Waals surface area contributed by atoms with Crippen LogP contribution in [0.4, 0.5) is 10.5 Å². The van der Waals surface area contributed by atoms with Crippen molar-refractivity contribution in [3.8, 4) is 5.75 Å². The summed E-state index contributed by atoms with van der Waals surface area (Å²) in [5.41, 5.74) is 10.3. The number of ether oxygens (including phenoxy) is 2. The summed E-state index contributed by atoms with van der Waals surface area (Å²) in [6.07, 6.45) is 0.584. The molecule has 2 atom stereocenters. The molecule has 1 heterocycles. The number of amides is 1. The molecule has 0 aromatic heterocycles. The molecule has 0 saturated heterocycles. The highest BCUT2D eigenvalue weighted by molar-refractivity contribution is 9.10. The number of aryl methyl sites for hydroxylation is 1. The monoisotopic (exact) mass is 474 g/mol. The number of nitrogens with two attached hydrogens (primary N) is 1. The fraction of sp³-hybridized carbons (Fsp3) is 0.391. The summed E-state index contributed by atoms with van der Waals surface area (Å²) in [5, 5.41) is 0. The molecule has 0 aliphatic carbocycles. The standard InChI is InChI=1S/C23H27BrN2O4/c1-4-29-23(28)30-17-10-15(3)18(19(24)11-17)12-20(25)22(27)26-13-14(2)9-16-7-5-6-8-21(16)26/h5-8,10-11,14,20H,4,9,12-13,25H2,1-3H3/t14?,20-/m1/s1. The zero-order valence-electron chi connectivity index (χ0n) is 17.5. The van der Waals surface area contributed by atoms with Gasteiger partial charge in [0.05, 0.1) is 12.6 Å². The Bertz CT molecular complexity index is 924. The van der Waals surface area contributed by atoms with Crippen LogP contribution in [0.15, 0.2) is 40.9 Å². The average molecular weight is 475 g/mol. The highest BCUT2D eigenvalue weighted by Crippen LogP contribution is 2.31. The minimum Gasteiger partial charge on any atom is -0.434 e. The topological polar surface area (TPSA) is 81.9 Å². The van der Waals surface area contributed by atoms with Gasteiger partial charge in [-0.1, -0.05) is 41.1 Å². The van der Waals surface area contributed by atoms with E-state index in [-0.39, 0.29) is 12.5 Å². The maximum atomic E-state index is 13.2. The molecule has 1 amide bonds. The van der Waals surface area contributed by atoms with Gasteiger partial charge < -0.3 is 20.1 Å². The zero-order valence-corrected chi connectivity index (χ0v) is 19.1. The molecule has 2 aromatic rings. The average Bonchev–Trinajstić information content (AvgIpc) is 2.69. The number of hydrogen-bond acceptors (Lipinski definition) is 5. The van der Waals surface area contributed by atoms with E-state index < -0.39 is 12.2 Å². The first-order chi connectivity index (χ1) is 14.3. The minimum atomic E-state index is -0.749. The van der Waals surface area contributed by atoms with Crippen molar-refractivity contribution in [1.82, 2.24) is 0 Å².